The van der Waals surface area contributed by atoms with Crippen molar-refractivity contribution < 1.29 is 0 Å². The standard InChI is InChI=1S/C14H25N3S/c1-4-17(8-12-6-5-7-15-12)9-13-10-18-14(16-13)11(2)3/h10-12,15H,4-9H2,1-3H3. The number of likely N-dealkylation sites (N-methyl/N-ethyl adjacent to an activating group) is 1. The lowest BCUT2D eigenvalue weighted by molar-refractivity contribution is 0.251. The second-order valence-electron chi connectivity index (χ2n) is 5.45. The van der Waals surface area contributed by atoms with Gasteiger partial charge in [0.15, 0.2) is 0 Å². The smallest absolute Gasteiger partial charge is 0.0954 e. The zero-order valence-electron chi connectivity index (χ0n) is 11.8. The van der Waals surface area contributed by atoms with Gasteiger partial charge in [-0.2, -0.15) is 0 Å². The Balaban J connectivity index is 1.88. The first-order valence-electron chi connectivity index (χ1n) is 7.09. The average Bonchev–Trinajstić information content (AvgIpc) is 2.99. The van der Waals surface area contributed by atoms with Crippen molar-refractivity contribution in [1.29, 1.82) is 0 Å². The zero-order chi connectivity index (χ0) is 13.0. The summed E-state index contributed by atoms with van der Waals surface area (Å²) in [5.74, 6) is 0.551. The number of hydrogen-bond donors (Lipinski definition) is 1. The van der Waals surface area contributed by atoms with E-state index in [0.29, 0.717) is 12.0 Å². The molecule has 0 radical (unpaired) electrons. The molecular formula is C14H25N3S. The highest BCUT2D eigenvalue weighted by Gasteiger charge is 2.18. The van der Waals surface area contributed by atoms with Gasteiger partial charge in [0.2, 0.25) is 0 Å². The Kier molecular flexibility index (Phi) is 5.15. The van der Waals surface area contributed by atoms with Crippen molar-refractivity contribution in [2.45, 2.75) is 52.1 Å². The summed E-state index contributed by atoms with van der Waals surface area (Å²) in [6.45, 7) is 11.1. The fraction of sp³-hybridized carbons (Fsp3) is 0.786. The van der Waals surface area contributed by atoms with E-state index in [4.69, 9.17) is 4.98 Å². The van der Waals surface area contributed by atoms with E-state index in [1.807, 2.05) is 0 Å². The second-order valence-corrected chi connectivity index (χ2v) is 6.34. The summed E-state index contributed by atoms with van der Waals surface area (Å²) < 4.78 is 0. The molecule has 1 atom stereocenters. The van der Waals surface area contributed by atoms with Crippen molar-refractivity contribution in [3.8, 4) is 0 Å². The first kappa shape index (κ1) is 14.0. The van der Waals surface area contributed by atoms with Gasteiger partial charge in [-0.1, -0.05) is 20.8 Å². The number of hydrogen-bond acceptors (Lipinski definition) is 4. The number of rotatable bonds is 6. The van der Waals surface area contributed by atoms with Crippen LogP contribution in [0.3, 0.4) is 0 Å². The molecule has 0 bridgehead atoms. The van der Waals surface area contributed by atoms with Crippen LogP contribution in [0.1, 0.15) is 50.2 Å². The lowest BCUT2D eigenvalue weighted by Gasteiger charge is -2.23. The maximum atomic E-state index is 4.73. The van der Waals surface area contributed by atoms with Crippen LogP contribution in [0, 0.1) is 0 Å². The maximum absolute atomic E-state index is 4.73. The normalized spacial score (nSPS) is 20.2. The second kappa shape index (κ2) is 6.64. The molecule has 0 amide bonds. The van der Waals surface area contributed by atoms with Crippen LogP contribution < -0.4 is 5.32 Å². The van der Waals surface area contributed by atoms with Crippen LogP contribution in [0.4, 0.5) is 0 Å². The van der Waals surface area contributed by atoms with Gasteiger partial charge in [0.1, 0.15) is 0 Å². The van der Waals surface area contributed by atoms with Crippen molar-refractivity contribution in [3.05, 3.63) is 16.1 Å². The summed E-state index contributed by atoms with van der Waals surface area (Å²) in [6, 6.07) is 0.688. The molecule has 1 aliphatic rings. The highest BCUT2D eigenvalue weighted by Crippen LogP contribution is 2.20. The van der Waals surface area contributed by atoms with Gasteiger partial charge in [-0.05, 0) is 25.9 Å². The first-order chi connectivity index (χ1) is 8.69. The van der Waals surface area contributed by atoms with Gasteiger partial charge in [-0.25, -0.2) is 4.98 Å². The minimum Gasteiger partial charge on any atom is -0.313 e. The molecule has 4 heteroatoms. The van der Waals surface area contributed by atoms with E-state index < -0.39 is 0 Å². The minimum atomic E-state index is 0.551. The van der Waals surface area contributed by atoms with E-state index in [9.17, 15) is 0 Å². The molecule has 1 saturated heterocycles. The highest BCUT2D eigenvalue weighted by atomic mass is 32.1. The first-order valence-corrected chi connectivity index (χ1v) is 7.97. The SMILES string of the molecule is CCN(Cc1csc(C(C)C)n1)CC1CCCN1. The molecule has 0 aliphatic carbocycles. The molecule has 0 spiro atoms. The molecule has 0 saturated carbocycles. The quantitative estimate of drug-likeness (QED) is 0.859. The van der Waals surface area contributed by atoms with Crippen LogP contribution in [0.15, 0.2) is 5.38 Å². The highest BCUT2D eigenvalue weighted by molar-refractivity contribution is 7.09. The average molecular weight is 267 g/mol. The Hall–Kier alpha value is -0.450. The monoisotopic (exact) mass is 267 g/mol. The van der Waals surface area contributed by atoms with Crippen LogP contribution in [-0.2, 0) is 6.54 Å². The predicted octanol–water partition coefficient (Wildman–Crippen LogP) is 2.84. The Morgan fingerprint density at radius 3 is 2.94 bits per heavy atom. The molecule has 0 aromatic carbocycles. The summed E-state index contributed by atoms with van der Waals surface area (Å²) >= 11 is 1.80. The Morgan fingerprint density at radius 2 is 2.39 bits per heavy atom. The van der Waals surface area contributed by atoms with E-state index in [0.717, 1.165) is 19.6 Å². The third-order valence-corrected chi connectivity index (χ3v) is 4.73. The van der Waals surface area contributed by atoms with E-state index in [2.05, 4.69) is 36.4 Å². The van der Waals surface area contributed by atoms with Crippen molar-refractivity contribution in [3.63, 3.8) is 0 Å². The van der Waals surface area contributed by atoms with E-state index >= 15 is 0 Å². The Labute approximate surface area is 115 Å². The number of nitrogens with one attached hydrogen (secondary N) is 1. The molecule has 102 valence electrons. The van der Waals surface area contributed by atoms with Gasteiger partial charge in [-0.3, -0.25) is 4.90 Å². The number of thiazole rings is 1. The lowest BCUT2D eigenvalue weighted by Crippen LogP contribution is -2.37. The van der Waals surface area contributed by atoms with Crippen LogP contribution >= 0.6 is 11.3 Å². The molecule has 2 heterocycles. The van der Waals surface area contributed by atoms with Gasteiger partial charge in [-0.15, -0.1) is 11.3 Å². The fourth-order valence-electron chi connectivity index (χ4n) is 2.42. The summed E-state index contributed by atoms with van der Waals surface area (Å²) in [5, 5.41) is 7.06. The van der Waals surface area contributed by atoms with Crippen LogP contribution in [-0.4, -0.2) is 35.6 Å². The molecule has 1 N–H and O–H groups in total. The van der Waals surface area contributed by atoms with Crippen molar-refractivity contribution in [2.24, 2.45) is 0 Å². The lowest BCUT2D eigenvalue weighted by atomic mass is 10.2. The van der Waals surface area contributed by atoms with Gasteiger partial charge < -0.3 is 5.32 Å². The molecular weight excluding hydrogens is 242 g/mol. The minimum absolute atomic E-state index is 0.551. The van der Waals surface area contributed by atoms with E-state index in [1.54, 1.807) is 11.3 Å². The van der Waals surface area contributed by atoms with Gasteiger partial charge in [0.25, 0.3) is 0 Å². The van der Waals surface area contributed by atoms with Gasteiger partial charge in [0.05, 0.1) is 10.7 Å². The number of nitrogens with zero attached hydrogens (tertiary/aromatic N) is 2. The molecule has 1 fully saturated rings. The molecule has 2 rings (SSSR count). The van der Waals surface area contributed by atoms with E-state index in [1.165, 1.54) is 30.1 Å². The molecule has 3 nitrogen and oxygen atoms in total. The molecule has 18 heavy (non-hydrogen) atoms. The van der Waals surface area contributed by atoms with E-state index in [-0.39, 0.29) is 0 Å². The molecule has 1 aliphatic heterocycles. The van der Waals surface area contributed by atoms with Crippen LogP contribution in [0.25, 0.3) is 0 Å². The summed E-state index contributed by atoms with van der Waals surface area (Å²) in [4.78, 5) is 7.23. The van der Waals surface area contributed by atoms with Crippen LogP contribution in [0.5, 0.6) is 0 Å². The Bertz CT molecular complexity index is 356. The summed E-state index contributed by atoms with van der Waals surface area (Å²) in [6.07, 6.45) is 2.65. The van der Waals surface area contributed by atoms with Crippen molar-refractivity contribution in [2.75, 3.05) is 19.6 Å². The van der Waals surface area contributed by atoms with Crippen molar-refractivity contribution in [1.82, 2.24) is 15.2 Å². The zero-order valence-corrected chi connectivity index (χ0v) is 12.6. The molecule has 1 aromatic heterocycles. The fourth-order valence-corrected chi connectivity index (χ4v) is 3.25. The number of aromatic nitrogens is 1. The summed E-state index contributed by atoms with van der Waals surface area (Å²) in [5.41, 5.74) is 1.24. The molecule has 1 aromatic rings. The van der Waals surface area contributed by atoms with Crippen molar-refractivity contribution >= 4 is 11.3 Å². The third-order valence-electron chi connectivity index (χ3n) is 3.54. The maximum Gasteiger partial charge on any atom is 0.0954 e. The topological polar surface area (TPSA) is 28.2 Å². The summed E-state index contributed by atoms with van der Waals surface area (Å²) in [7, 11) is 0. The van der Waals surface area contributed by atoms with Gasteiger partial charge >= 0.3 is 0 Å². The third kappa shape index (κ3) is 3.77. The predicted molar refractivity (Wildman–Crippen MR) is 78.2 cm³/mol. The van der Waals surface area contributed by atoms with Gasteiger partial charge in [0, 0.05) is 30.4 Å². The molecule has 1 unspecified atom stereocenters. The largest absolute Gasteiger partial charge is 0.313 e. The van der Waals surface area contributed by atoms with Crippen LogP contribution in [0.2, 0.25) is 0 Å². The Morgan fingerprint density at radius 1 is 1.56 bits per heavy atom.